The molecule has 1 amide bonds. The van der Waals surface area contributed by atoms with Crippen molar-refractivity contribution in [2.75, 3.05) is 26.2 Å². The summed E-state index contributed by atoms with van der Waals surface area (Å²) in [6.45, 7) is 7.13. The standard InChI is InChI=1S/C16H27N3O2/c1-13(2)19-9-3-5-15(19)16(20)18-10-6-14(7-11-18)21-12-4-8-17/h3,5,9,13-14H,4,6-8,10-12,17H2,1-2H3. The van der Waals surface area contributed by atoms with Crippen molar-refractivity contribution in [1.29, 1.82) is 0 Å². The van der Waals surface area contributed by atoms with E-state index >= 15 is 0 Å². The van der Waals surface area contributed by atoms with Crippen LogP contribution in [0.25, 0.3) is 0 Å². The Kier molecular flexibility index (Phi) is 5.82. The van der Waals surface area contributed by atoms with Gasteiger partial charge in [0, 0.05) is 31.9 Å². The van der Waals surface area contributed by atoms with Gasteiger partial charge in [-0.1, -0.05) is 0 Å². The van der Waals surface area contributed by atoms with Crippen LogP contribution in [-0.4, -0.2) is 47.7 Å². The van der Waals surface area contributed by atoms with Crippen LogP contribution < -0.4 is 5.73 Å². The van der Waals surface area contributed by atoms with Crippen LogP contribution in [-0.2, 0) is 4.74 Å². The zero-order valence-corrected chi connectivity index (χ0v) is 13.1. The maximum Gasteiger partial charge on any atom is 0.270 e. The molecule has 1 saturated heterocycles. The van der Waals surface area contributed by atoms with Crippen LogP contribution in [0.4, 0.5) is 0 Å². The number of nitrogens with two attached hydrogens (primary N) is 1. The fourth-order valence-electron chi connectivity index (χ4n) is 2.75. The predicted octanol–water partition coefficient (Wildman–Crippen LogP) is 2.04. The van der Waals surface area contributed by atoms with Gasteiger partial charge in [0.1, 0.15) is 5.69 Å². The van der Waals surface area contributed by atoms with Crippen molar-refractivity contribution >= 4 is 5.91 Å². The Labute approximate surface area is 127 Å². The van der Waals surface area contributed by atoms with E-state index in [9.17, 15) is 4.79 Å². The quantitative estimate of drug-likeness (QED) is 0.817. The predicted molar refractivity (Wildman–Crippen MR) is 83.4 cm³/mol. The van der Waals surface area contributed by atoms with Crippen LogP contribution in [0, 0.1) is 0 Å². The number of rotatable bonds is 6. The lowest BCUT2D eigenvalue weighted by Crippen LogP contribution is -2.41. The second kappa shape index (κ2) is 7.61. The van der Waals surface area contributed by atoms with Gasteiger partial charge in [-0.15, -0.1) is 0 Å². The molecule has 118 valence electrons. The van der Waals surface area contributed by atoms with Gasteiger partial charge in [0.15, 0.2) is 0 Å². The maximum absolute atomic E-state index is 12.6. The minimum absolute atomic E-state index is 0.133. The van der Waals surface area contributed by atoms with Crippen LogP contribution in [0.3, 0.4) is 0 Å². The Bertz CT molecular complexity index is 448. The molecule has 0 saturated carbocycles. The maximum atomic E-state index is 12.6. The first kappa shape index (κ1) is 16.0. The average Bonchev–Trinajstić information content (AvgIpc) is 2.97. The summed E-state index contributed by atoms with van der Waals surface area (Å²) in [4.78, 5) is 14.5. The van der Waals surface area contributed by atoms with Crippen LogP contribution in [0.2, 0.25) is 0 Å². The monoisotopic (exact) mass is 293 g/mol. The molecule has 1 aliphatic rings. The van der Waals surface area contributed by atoms with E-state index in [4.69, 9.17) is 10.5 Å². The largest absolute Gasteiger partial charge is 0.378 e. The fraction of sp³-hybridized carbons (Fsp3) is 0.688. The van der Waals surface area contributed by atoms with Crippen molar-refractivity contribution in [2.45, 2.75) is 45.3 Å². The molecule has 0 bridgehead atoms. The zero-order chi connectivity index (χ0) is 15.2. The molecule has 0 radical (unpaired) electrons. The lowest BCUT2D eigenvalue weighted by atomic mass is 10.1. The third kappa shape index (κ3) is 4.08. The Morgan fingerprint density at radius 3 is 2.76 bits per heavy atom. The molecule has 2 N–H and O–H groups in total. The van der Waals surface area contributed by atoms with Gasteiger partial charge < -0.3 is 19.9 Å². The first-order chi connectivity index (χ1) is 10.1. The Morgan fingerprint density at radius 2 is 2.14 bits per heavy atom. The first-order valence-corrected chi connectivity index (χ1v) is 7.91. The van der Waals surface area contributed by atoms with Crippen molar-refractivity contribution in [3.63, 3.8) is 0 Å². The number of carbonyl (C=O) groups excluding carboxylic acids is 1. The second-order valence-electron chi connectivity index (χ2n) is 5.90. The molecule has 21 heavy (non-hydrogen) atoms. The zero-order valence-electron chi connectivity index (χ0n) is 13.1. The van der Waals surface area contributed by atoms with Crippen molar-refractivity contribution in [2.24, 2.45) is 5.73 Å². The van der Waals surface area contributed by atoms with Crippen molar-refractivity contribution in [3.8, 4) is 0 Å². The molecular weight excluding hydrogens is 266 g/mol. The molecule has 0 atom stereocenters. The summed E-state index contributed by atoms with van der Waals surface area (Å²) in [5, 5.41) is 0. The highest BCUT2D eigenvalue weighted by molar-refractivity contribution is 5.92. The third-order valence-corrected chi connectivity index (χ3v) is 3.99. The number of ether oxygens (including phenoxy) is 1. The topological polar surface area (TPSA) is 60.5 Å². The van der Waals surface area contributed by atoms with E-state index in [-0.39, 0.29) is 12.0 Å². The average molecular weight is 293 g/mol. The minimum atomic E-state index is 0.133. The summed E-state index contributed by atoms with van der Waals surface area (Å²) in [7, 11) is 0. The lowest BCUT2D eigenvalue weighted by Gasteiger charge is -2.32. The SMILES string of the molecule is CC(C)n1cccc1C(=O)N1CCC(OCCCN)CC1. The summed E-state index contributed by atoms with van der Waals surface area (Å²) in [5.41, 5.74) is 6.25. The van der Waals surface area contributed by atoms with Crippen molar-refractivity contribution in [1.82, 2.24) is 9.47 Å². The number of likely N-dealkylation sites (tertiary alicyclic amines) is 1. The van der Waals surface area contributed by atoms with Gasteiger partial charge in [0.25, 0.3) is 5.91 Å². The van der Waals surface area contributed by atoms with Gasteiger partial charge in [-0.3, -0.25) is 4.79 Å². The second-order valence-corrected chi connectivity index (χ2v) is 5.90. The molecule has 1 aromatic heterocycles. The highest BCUT2D eigenvalue weighted by Gasteiger charge is 2.25. The molecule has 0 unspecified atom stereocenters. The number of nitrogens with zero attached hydrogens (tertiary/aromatic N) is 2. The van der Waals surface area contributed by atoms with E-state index < -0.39 is 0 Å². The van der Waals surface area contributed by atoms with Crippen molar-refractivity contribution < 1.29 is 9.53 Å². The first-order valence-electron chi connectivity index (χ1n) is 7.91. The Balaban J connectivity index is 1.87. The lowest BCUT2D eigenvalue weighted by molar-refractivity contribution is 0.00813. The Hall–Kier alpha value is -1.33. The molecule has 1 fully saturated rings. The number of amides is 1. The van der Waals surface area contributed by atoms with Gasteiger partial charge in [-0.25, -0.2) is 0 Å². The van der Waals surface area contributed by atoms with Crippen LogP contribution in [0.15, 0.2) is 18.3 Å². The van der Waals surface area contributed by atoms with Crippen LogP contribution in [0.1, 0.15) is 49.6 Å². The number of piperidine rings is 1. The summed E-state index contributed by atoms with van der Waals surface area (Å²) in [6, 6.07) is 4.15. The van der Waals surface area contributed by atoms with E-state index in [0.29, 0.717) is 12.6 Å². The molecule has 5 nitrogen and oxygen atoms in total. The molecule has 2 rings (SSSR count). The number of aromatic nitrogens is 1. The molecule has 0 spiro atoms. The van der Waals surface area contributed by atoms with E-state index in [1.54, 1.807) is 0 Å². The van der Waals surface area contributed by atoms with Crippen LogP contribution in [0.5, 0.6) is 0 Å². The van der Waals surface area contributed by atoms with E-state index in [1.165, 1.54) is 0 Å². The Morgan fingerprint density at radius 1 is 1.43 bits per heavy atom. The van der Waals surface area contributed by atoms with Gasteiger partial charge in [0.2, 0.25) is 0 Å². The smallest absolute Gasteiger partial charge is 0.270 e. The summed E-state index contributed by atoms with van der Waals surface area (Å²) in [6.07, 6.45) is 4.98. The number of hydrogen-bond acceptors (Lipinski definition) is 3. The third-order valence-electron chi connectivity index (χ3n) is 3.99. The highest BCUT2D eigenvalue weighted by atomic mass is 16.5. The van der Waals surface area contributed by atoms with Gasteiger partial charge in [-0.05, 0) is 51.8 Å². The highest BCUT2D eigenvalue weighted by Crippen LogP contribution is 2.18. The number of hydrogen-bond donors (Lipinski definition) is 1. The van der Waals surface area contributed by atoms with Gasteiger partial charge in [-0.2, -0.15) is 0 Å². The summed E-state index contributed by atoms with van der Waals surface area (Å²) >= 11 is 0. The number of carbonyl (C=O) groups is 1. The molecule has 0 aromatic carbocycles. The van der Waals surface area contributed by atoms with Crippen molar-refractivity contribution in [3.05, 3.63) is 24.0 Å². The van der Waals surface area contributed by atoms with Gasteiger partial charge >= 0.3 is 0 Å². The van der Waals surface area contributed by atoms with E-state index in [2.05, 4.69) is 13.8 Å². The molecule has 1 aromatic rings. The summed E-state index contributed by atoms with van der Waals surface area (Å²) in [5.74, 6) is 0.133. The van der Waals surface area contributed by atoms with E-state index in [1.807, 2.05) is 27.8 Å². The normalized spacial score (nSPS) is 16.7. The molecule has 5 heteroatoms. The minimum Gasteiger partial charge on any atom is -0.378 e. The fourth-order valence-corrected chi connectivity index (χ4v) is 2.75. The molecular formula is C16H27N3O2. The molecule has 0 aliphatic carbocycles. The van der Waals surface area contributed by atoms with Gasteiger partial charge in [0.05, 0.1) is 6.10 Å². The van der Waals surface area contributed by atoms with Crippen LogP contribution >= 0.6 is 0 Å². The molecule has 1 aliphatic heterocycles. The van der Waals surface area contributed by atoms with E-state index in [0.717, 1.165) is 44.7 Å². The summed E-state index contributed by atoms with van der Waals surface area (Å²) < 4.78 is 7.81. The molecule has 2 heterocycles.